The normalized spacial score (nSPS) is 13.6. The van der Waals surface area contributed by atoms with Crippen LogP contribution >= 0.6 is 0 Å². The Bertz CT molecular complexity index is 1620. The number of nitrogens with one attached hydrogen (secondary N) is 1. The number of rotatable bonds is 64. The Morgan fingerprint density at radius 2 is 0.537 bits per heavy atom. The summed E-state index contributed by atoms with van der Waals surface area (Å²) in [5, 5.41) is 23.3. The summed E-state index contributed by atoms with van der Waals surface area (Å²) in [6.45, 7) is 4.21. The van der Waals surface area contributed by atoms with Gasteiger partial charge in [0.1, 0.15) is 0 Å². The van der Waals surface area contributed by atoms with Crippen molar-refractivity contribution in [1.29, 1.82) is 0 Å². The van der Waals surface area contributed by atoms with Crippen LogP contribution in [0.1, 0.15) is 335 Å². The zero-order valence-electron chi connectivity index (χ0n) is 54.2. The Morgan fingerprint density at radius 1 is 0.305 bits per heavy atom. The second-order valence-corrected chi connectivity index (χ2v) is 23.6. The maximum Gasteiger partial charge on any atom is 0.220 e. The third-order valence-corrected chi connectivity index (χ3v) is 15.6. The van der Waals surface area contributed by atoms with Gasteiger partial charge in [0.2, 0.25) is 5.91 Å². The lowest BCUT2D eigenvalue weighted by Gasteiger charge is -2.20. The van der Waals surface area contributed by atoms with E-state index in [0.29, 0.717) is 6.42 Å². The average molecular weight is 1130 g/mol. The van der Waals surface area contributed by atoms with Gasteiger partial charge < -0.3 is 15.5 Å². The number of carbonyl (C=O) groups excluding carboxylic acids is 1. The van der Waals surface area contributed by atoms with E-state index in [1.54, 1.807) is 6.08 Å². The molecule has 2 atom stereocenters. The molecule has 82 heavy (non-hydrogen) atoms. The van der Waals surface area contributed by atoms with Crippen molar-refractivity contribution in [2.75, 3.05) is 6.61 Å². The zero-order chi connectivity index (χ0) is 59.1. The van der Waals surface area contributed by atoms with Gasteiger partial charge in [-0.15, -0.1) is 0 Å². The summed E-state index contributed by atoms with van der Waals surface area (Å²) in [5.41, 5.74) is 0. The van der Waals surface area contributed by atoms with Crippen LogP contribution in [0, 0.1) is 0 Å². The Balaban J connectivity index is 3.57. The molecule has 470 valence electrons. The van der Waals surface area contributed by atoms with Gasteiger partial charge in [0, 0.05) is 6.42 Å². The molecule has 0 aliphatic rings. The fourth-order valence-electron chi connectivity index (χ4n) is 10.3. The largest absolute Gasteiger partial charge is 0.394 e. The van der Waals surface area contributed by atoms with Gasteiger partial charge in [-0.3, -0.25) is 4.79 Å². The van der Waals surface area contributed by atoms with Crippen LogP contribution in [0.2, 0.25) is 0 Å². The van der Waals surface area contributed by atoms with E-state index in [-0.39, 0.29) is 12.5 Å². The average Bonchev–Trinajstić information content (AvgIpc) is 3.50. The first kappa shape index (κ1) is 78.5. The third-order valence-electron chi connectivity index (χ3n) is 15.6. The standard InChI is InChI=1S/C78H135NO3/c1-3-5-7-9-11-13-15-17-19-21-23-25-27-29-31-33-35-37-38-39-40-42-44-46-48-50-52-54-56-58-60-62-64-66-68-70-72-74-78(82)79-76(75-80)77(81)73-71-69-67-65-63-61-59-57-55-53-51-49-47-45-43-41-36-34-32-30-28-26-24-22-20-18-16-14-12-10-8-6-4-2/h5,7,11,13,17,19,23,25,29,31,35,37,39-40,44,46,50,52,56,58,71,73,76-77,80-81H,3-4,6,8-10,12,14-16,18,20-22,24,26-28,30,32-34,36,38,41-43,45,47-49,51,53-55,57,59-70,72,74-75H2,1-2H3,(H,79,82)/b7-5-,13-11-,19-17-,25-23-,31-29-,37-35-,40-39-,46-44-,52-50-,58-56-,73-71+. The van der Waals surface area contributed by atoms with Crippen molar-refractivity contribution in [1.82, 2.24) is 5.32 Å². The molecule has 0 saturated heterocycles. The lowest BCUT2D eigenvalue weighted by Crippen LogP contribution is -2.45. The molecule has 1 amide bonds. The summed E-state index contributed by atoms with van der Waals surface area (Å²) < 4.78 is 0. The minimum Gasteiger partial charge on any atom is -0.394 e. The summed E-state index contributed by atoms with van der Waals surface area (Å²) in [6, 6.07) is -0.643. The number of aliphatic hydroxyl groups excluding tert-OH is 2. The number of unbranched alkanes of at least 4 members (excludes halogenated alkanes) is 37. The number of hydrogen-bond donors (Lipinski definition) is 3. The first-order chi connectivity index (χ1) is 40.7. The van der Waals surface area contributed by atoms with E-state index in [2.05, 4.69) is 141 Å². The molecule has 3 N–H and O–H groups in total. The summed E-state index contributed by atoms with van der Waals surface area (Å²) in [6.07, 6.45) is 111. The van der Waals surface area contributed by atoms with Crippen molar-refractivity contribution in [2.45, 2.75) is 347 Å². The highest BCUT2D eigenvalue weighted by Crippen LogP contribution is 2.18. The lowest BCUT2D eigenvalue weighted by molar-refractivity contribution is -0.123. The second kappa shape index (κ2) is 71.8. The van der Waals surface area contributed by atoms with Crippen molar-refractivity contribution in [3.63, 3.8) is 0 Å². The molecule has 0 aromatic carbocycles. The lowest BCUT2D eigenvalue weighted by atomic mass is 10.0. The first-order valence-corrected chi connectivity index (χ1v) is 35.4. The number of hydrogen-bond acceptors (Lipinski definition) is 3. The Hall–Kier alpha value is -3.47. The monoisotopic (exact) mass is 1130 g/mol. The smallest absolute Gasteiger partial charge is 0.220 e. The highest BCUT2D eigenvalue weighted by Gasteiger charge is 2.18. The van der Waals surface area contributed by atoms with E-state index in [1.807, 2.05) is 6.08 Å². The molecule has 0 spiro atoms. The van der Waals surface area contributed by atoms with E-state index in [1.165, 1.54) is 212 Å². The molecular weight excluding hydrogens is 999 g/mol. The van der Waals surface area contributed by atoms with Gasteiger partial charge in [0.25, 0.3) is 0 Å². The molecule has 0 aromatic rings. The molecule has 0 bridgehead atoms. The van der Waals surface area contributed by atoms with Crippen LogP contribution < -0.4 is 5.32 Å². The molecule has 0 aliphatic carbocycles. The molecule has 0 aliphatic heterocycles. The molecule has 0 heterocycles. The van der Waals surface area contributed by atoms with E-state index in [0.717, 1.165) is 103 Å². The quantitative estimate of drug-likeness (QED) is 0.0420. The Labute approximate surface area is 511 Å². The van der Waals surface area contributed by atoms with E-state index in [9.17, 15) is 15.0 Å². The predicted molar refractivity (Wildman–Crippen MR) is 368 cm³/mol. The zero-order valence-corrected chi connectivity index (χ0v) is 54.2. The highest BCUT2D eigenvalue weighted by atomic mass is 16.3. The molecular formula is C78H135NO3. The van der Waals surface area contributed by atoms with Crippen LogP contribution in [0.15, 0.2) is 134 Å². The molecule has 4 heteroatoms. The minimum absolute atomic E-state index is 0.0801. The Morgan fingerprint density at radius 3 is 0.805 bits per heavy atom. The molecule has 4 nitrogen and oxygen atoms in total. The van der Waals surface area contributed by atoms with Crippen molar-refractivity contribution in [2.24, 2.45) is 0 Å². The summed E-state index contributed by atoms with van der Waals surface area (Å²) in [7, 11) is 0. The van der Waals surface area contributed by atoms with Crippen LogP contribution in [-0.2, 0) is 4.79 Å². The van der Waals surface area contributed by atoms with Crippen LogP contribution in [-0.4, -0.2) is 34.9 Å². The predicted octanol–water partition coefficient (Wildman–Crippen LogP) is 24.5. The third kappa shape index (κ3) is 67.3. The van der Waals surface area contributed by atoms with E-state index >= 15 is 0 Å². The maximum atomic E-state index is 12.5. The van der Waals surface area contributed by atoms with Crippen molar-refractivity contribution >= 4 is 5.91 Å². The molecule has 0 radical (unpaired) electrons. The number of allylic oxidation sites excluding steroid dienone is 21. The van der Waals surface area contributed by atoms with Crippen LogP contribution in [0.5, 0.6) is 0 Å². The van der Waals surface area contributed by atoms with Gasteiger partial charge in [-0.1, -0.05) is 366 Å². The van der Waals surface area contributed by atoms with Gasteiger partial charge in [0.05, 0.1) is 18.8 Å². The fourth-order valence-corrected chi connectivity index (χ4v) is 10.3. The number of carbonyl (C=O) groups is 1. The molecule has 0 fully saturated rings. The second-order valence-electron chi connectivity index (χ2n) is 23.6. The van der Waals surface area contributed by atoms with Gasteiger partial charge in [-0.25, -0.2) is 0 Å². The van der Waals surface area contributed by atoms with E-state index < -0.39 is 12.1 Å². The van der Waals surface area contributed by atoms with Crippen molar-refractivity contribution < 1.29 is 15.0 Å². The van der Waals surface area contributed by atoms with Gasteiger partial charge >= 0.3 is 0 Å². The maximum absolute atomic E-state index is 12.5. The van der Waals surface area contributed by atoms with Crippen LogP contribution in [0.3, 0.4) is 0 Å². The summed E-state index contributed by atoms with van der Waals surface area (Å²) in [5.74, 6) is -0.0801. The SMILES string of the molecule is CC/C=C\C/C=C\C/C=C\C/C=C\C/C=C\C/C=C\C/C=C\C/C=C\C/C=C\C/C=C\CCCCCCCCC(=O)NC(CO)C(O)/C=C/CCCCCCCCCCCCCCCCCCCCCCCCCCCCCCCCC. The van der Waals surface area contributed by atoms with Crippen LogP contribution in [0.25, 0.3) is 0 Å². The van der Waals surface area contributed by atoms with Gasteiger partial charge in [-0.05, 0) is 96.3 Å². The van der Waals surface area contributed by atoms with E-state index in [4.69, 9.17) is 0 Å². The number of aliphatic hydroxyl groups is 2. The molecule has 0 rings (SSSR count). The summed E-state index contributed by atoms with van der Waals surface area (Å²) in [4.78, 5) is 12.5. The molecule has 2 unspecified atom stereocenters. The molecule has 0 aromatic heterocycles. The summed E-state index contributed by atoms with van der Waals surface area (Å²) >= 11 is 0. The Kier molecular flexibility index (Phi) is 68.8. The van der Waals surface area contributed by atoms with Crippen molar-refractivity contribution in [3.8, 4) is 0 Å². The van der Waals surface area contributed by atoms with Gasteiger partial charge in [-0.2, -0.15) is 0 Å². The highest BCUT2D eigenvalue weighted by molar-refractivity contribution is 5.76. The molecule has 0 saturated carbocycles. The minimum atomic E-state index is -0.858. The fraction of sp³-hybridized carbons (Fsp3) is 0.705. The first-order valence-electron chi connectivity index (χ1n) is 35.4. The van der Waals surface area contributed by atoms with Crippen molar-refractivity contribution in [3.05, 3.63) is 134 Å². The number of amides is 1. The van der Waals surface area contributed by atoms with Gasteiger partial charge in [0.15, 0.2) is 0 Å². The topological polar surface area (TPSA) is 69.6 Å². The van der Waals surface area contributed by atoms with Crippen LogP contribution in [0.4, 0.5) is 0 Å².